The van der Waals surface area contributed by atoms with Crippen molar-refractivity contribution in [2.45, 2.75) is 10.9 Å². The molecule has 0 spiro atoms. The first-order valence-corrected chi connectivity index (χ1v) is 8.21. The molecule has 2 atom stereocenters. The molecule has 0 fully saturated rings. The van der Waals surface area contributed by atoms with Crippen molar-refractivity contribution < 1.29 is 19.1 Å². The van der Waals surface area contributed by atoms with E-state index in [1.807, 2.05) is 30.3 Å². The third-order valence-electron chi connectivity index (χ3n) is 3.94. The smallest absolute Gasteiger partial charge is 0.330 e. The maximum absolute atomic E-state index is 12.7. The Labute approximate surface area is 147 Å². The van der Waals surface area contributed by atoms with Crippen LogP contribution in [0.2, 0.25) is 0 Å². The number of hydrogen-bond donors (Lipinski definition) is 0. The number of esters is 1. The predicted molar refractivity (Wildman–Crippen MR) is 90.9 cm³/mol. The van der Waals surface area contributed by atoms with Gasteiger partial charge in [-0.05, 0) is 17.7 Å². The first-order chi connectivity index (χ1) is 11.6. The van der Waals surface area contributed by atoms with Gasteiger partial charge in [-0.3, -0.25) is 14.5 Å². The minimum atomic E-state index is -1.09. The van der Waals surface area contributed by atoms with Gasteiger partial charge in [0.2, 0.25) is 0 Å². The molecule has 0 saturated carbocycles. The standard InChI is InChI=1S/C18H14BrNO4/c1-24-18(23)15(14(19)11-7-3-2-4-8-11)20-16(21)12-9-5-6-10-13(12)17(20)22/h2-10,14-15H,1H3/t14-,15-/m0/s1. The van der Waals surface area contributed by atoms with Gasteiger partial charge in [-0.1, -0.05) is 58.4 Å². The fourth-order valence-corrected chi connectivity index (χ4v) is 3.51. The Kier molecular flexibility index (Phi) is 4.49. The third-order valence-corrected chi connectivity index (χ3v) is 4.97. The molecule has 0 aromatic heterocycles. The molecule has 5 nitrogen and oxygen atoms in total. The largest absolute Gasteiger partial charge is 0.467 e. The van der Waals surface area contributed by atoms with Gasteiger partial charge in [-0.25, -0.2) is 4.79 Å². The summed E-state index contributed by atoms with van der Waals surface area (Å²) in [4.78, 5) is 38.1. The molecule has 2 amide bonds. The molecule has 2 aromatic carbocycles. The topological polar surface area (TPSA) is 63.7 Å². The van der Waals surface area contributed by atoms with Crippen LogP contribution in [0.15, 0.2) is 54.6 Å². The normalized spacial score (nSPS) is 15.8. The number of halogens is 1. The molecule has 1 aliphatic rings. The Morgan fingerprint density at radius 2 is 1.46 bits per heavy atom. The van der Waals surface area contributed by atoms with Crippen LogP contribution < -0.4 is 0 Å². The van der Waals surface area contributed by atoms with Crippen LogP contribution in [0.5, 0.6) is 0 Å². The van der Waals surface area contributed by atoms with Crippen molar-refractivity contribution >= 4 is 33.7 Å². The quantitative estimate of drug-likeness (QED) is 0.459. The van der Waals surface area contributed by atoms with Crippen LogP contribution in [0.4, 0.5) is 0 Å². The highest BCUT2D eigenvalue weighted by Crippen LogP contribution is 2.35. The molecule has 0 unspecified atom stereocenters. The van der Waals surface area contributed by atoms with E-state index in [0.717, 1.165) is 10.5 Å². The minimum absolute atomic E-state index is 0.296. The van der Waals surface area contributed by atoms with Gasteiger partial charge in [0.15, 0.2) is 6.04 Å². The van der Waals surface area contributed by atoms with Gasteiger partial charge in [0.25, 0.3) is 11.8 Å². The fraction of sp³-hybridized carbons (Fsp3) is 0.167. The zero-order valence-corrected chi connectivity index (χ0v) is 14.4. The van der Waals surface area contributed by atoms with Gasteiger partial charge in [-0.2, -0.15) is 0 Å². The van der Waals surface area contributed by atoms with Crippen molar-refractivity contribution in [1.29, 1.82) is 0 Å². The van der Waals surface area contributed by atoms with Crippen molar-refractivity contribution in [2.75, 3.05) is 7.11 Å². The molecule has 0 bridgehead atoms. The second-order valence-corrected chi connectivity index (χ2v) is 6.29. The summed E-state index contributed by atoms with van der Waals surface area (Å²) in [6.07, 6.45) is 0. The Hall–Kier alpha value is -2.47. The van der Waals surface area contributed by atoms with Crippen molar-refractivity contribution in [3.05, 3.63) is 71.3 Å². The van der Waals surface area contributed by atoms with Crippen LogP contribution in [0.25, 0.3) is 0 Å². The van der Waals surface area contributed by atoms with E-state index in [0.29, 0.717) is 11.1 Å². The molecule has 1 aliphatic heterocycles. The Balaban J connectivity index is 2.04. The van der Waals surface area contributed by atoms with E-state index < -0.39 is 28.7 Å². The van der Waals surface area contributed by atoms with E-state index in [4.69, 9.17) is 4.74 Å². The van der Waals surface area contributed by atoms with Gasteiger partial charge >= 0.3 is 5.97 Å². The highest BCUT2D eigenvalue weighted by atomic mass is 79.9. The van der Waals surface area contributed by atoms with Gasteiger partial charge in [0.05, 0.1) is 23.1 Å². The summed E-state index contributed by atoms with van der Waals surface area (Å²) in [5.74, 6) is -1.65. The minimum Gasteiger partial charge on any atom is -0.467 e. The van der Waals surface area contributed by atoms with Crippen LogP contribution >= 0.6 is 15.9 Å². The van der Waals surface area contributed by atoms with Gasteiger partial charge in [0, 0.05) is 0 Å². The Morgan fingerprint density at radius 3 is 1.96 bits per heavy atom. The summed E-state index contributed by atoms with van der Waals surface area (Å²) in [5.41, 5.74) is 1.36. The molecule has 1 heterocycles. The molecule has 122 valence electrons. The predicted octanol–water partition coefficient (Wildman–Crippen LogP) is 2.96. The van der Waals surface area contributed by atoms with Gasteiger partial charge < -0.3 is 4.74 Å². The summed E-state index contributed by atoms with van der Waals surface area (Å²) < 4.78 is 4.85. The molecule has 3 rings (SSSR count). The molecule has 0 saturated heterocycles. The van der Waals surface area contributed by atoms with Crippen LogP contribution in [0, 0.1) is 0 Å². The molecule has 2 aromatic rings. The summed E-state index contributed by atoms with van der Waals surface area (Å²) in [5, 5.41) is 0. The van der Waals surface area contributed by atoms with Crippen LogP contribution in [0.3, 0.4) is 0 Å². The van der Waals surface area contributed by atoms with E-state index in [1.54, 1.807) is 24.3 Å². The highest BCUT2D eigenvalue weighted by Gasteiger charge is 2.46. The van der Waals surface area contributed by atoms with E-state index in [9.17, 15) is 14.4 Å². The average molecular weight is 388 g/mol. The summed E-state index contributed by atoms with van der Waals surface area (Å²) in [7, 11) is 1.23. The number of rotatable bonds is 4. The number of ether oxygens (including phenoxy) is 1. The lowest BCUT2D eigenvalue weighted by Crippen LogP contribution is -2.47. The number of carbonyl (C=O) groups excluding carboxylic acids is 3. The number of amides is 2. The van der Waals surface area contributed by atoms with Crippen molar-refractivity contribution in [3.8, 4) is 0 Å². The van der Waals surface area contributed by atoms with Crippen molar-refractivity contribution in [3.63, 3.8) is 0 Å². The molecule has 0 N–H and O–H groups in total. The molecule has 0 aliphatic carbocycles. The van der Waals surface area contributed by atoms with Crippen molar-refractivity contribution in [2.24, 2.45) is 0 Å². The monoisotopic (exact) mass is 387 g/mol. The number of hydrogen-bond acceptors (Lipinski definition) is 4. The lowest BCUT2D eigenvalue weighted by molar-refractivity contribution is -0.145. The number of imide groups is 1. The number of fused-ring (bicyclic) bond motifs is 1. The summed E-state index contributed by atoms with van der Waals surface area (Å²) in [6, 6.07) is 14.5. The second-order valence-electron chi connectivity index (χ2n) is 5.31. The first kappa shape index (κ1) is 16.4. The number of benzene rings is 2. The zero-order chi connectivity index (χ0) is 17.3. The second kappa shape index (κ2) is 6.57. The molecule has 0 radical (unpaired) electrons. The first-order valence-electron chi connectivity index (χ1n) is 7.30. The van der Waals surface area contributed by atoms with E-state index in [2.05, 4.69) is 15.9 Å². The maximum atomic E-state index is 12.7. The van der Waals surface area contributed by atoms with E-state index in [-0.39, 0.29) is 0 Å². The summed E-state index contributed by atoms with van der Waals surface area (Å²) >= 11 is 3.46. The Morgan fingerprint density at radius 1 is 0.958 bits per heavy atom. The molecule has 24 heavy (non-hydrogen) atoms. The maximum Gasteiger partial charge on any atom is 0.330 e. The van der Waals surface area contributed by atoms with Gasteiger partial charge in [0.1, 0.15) is 0 Å². The van der Waals surface area contributed by atoms with Crippen LogP contribution in [-0.2, 0) is 9.53 Å². The number of alkyl halides is 1. The van der Waals surface area contributed by atoms with Crippen molar-refractivity contribution in [1.82, 2.24) is 4.90 Å². The zero-order valence-electron chi connectivity index (χ0n) is 12.8. The van der Waals surface area contributed by atoms with Gasteiger partial charge in [-0.15, -0.1) is 0 Å². The lowest BCUT2D eigenvalue weighted by Gasteiger charge is -2.28. The third kappa shape index (κ3) is 2.63. The van der Waals surface area contributed by atoms with E-state index in [1.165, 1.54) is 7.11 Å². The fourth-order valence-electron chi connectivity index (χ4n) is 2.76. The number of methoxy groups -OCH3 is 1. The molecular formula is C18H14BrNO4. The highest BCUT2D eigenvalue weighted by molar-refractivity contribution is 9.09. The molecule has 6 heteroatoms. The number of nitrogens with zero attached hydrogens (tertiary/aromatic N) is 1. The summed E-state index contributed by atoms with van der Waals surface area (Å²) in [6.45, 7) is 0. The van der Waals surface area contributed by atoms with Crippen LogP contribution in [-0.4, -0.2) is 35.8 Å². The van der Waals surface area contributed by atoms with E-state index >= 15 is 0 Å². The lowest BCUT2D eigenvalue weighted by atomic mass is 10.0. The van der Waals surface area contributed by atoms with Crippen LogP contribution in [0.1, 0.15) is 31.1 Å². The number of carbonyl (C=O) groups is 3. The molecular weight excluding hydrogens is 374 g/mol. The Bertz CT molecular complexity index is 771. The average Bonchev–Trinajstić information content (AvgIpc) is 2.88. The SMILES string of the molecule is COC(=O)[C@H]([C@@H](Br)c1ccccc1)N1C(=O)c2ccccc2C1=O.